The molecule has 4 heterocycles. The molecule has 2 saturated heterocycles. The topological polar surface area (TPSA) is 150 Å². The number of nitrogens with zero attached hydrogens (tertiary/aromatic N) is 5. The Morgan fingerprint density at radius 1 is 1.18 bits per heavy atom. The molecule has 5 N–H and O–H groups in total. The number of benzene rings is 2. The Kier molecular flexibility index (Phi) is 8.85. The van der Waals surface area contributed by atoms with Crippen molar-refractivity contribution in [3.63, 3.8) is 0 Å². The lowest BCUT2D eigenvalue weighted by Crippen LogP contribution is -2.55. The van der Waals surface area contributed by atoms with E-state index in [0.29, 0.717) is 79.7 Å². The zero-order valence-electron chi connectivity index (χ0n) is 24.7. The number of aliphatic hydroxyl groups is 1. The van der Waals surface area contributed by atoms with Gasteiger partial charge in [0.1, 0.15) is 6.73 Å². The van der Waals surface area contributed by atoms with E-state index in [2.05, 4.69) is 20.6 Å². The second-order valence-electron chi connectivity index (χ2n) is 11.1. The Bertz CT molecular complexity index is 1740. The lowest BCUT2D eigenvalue weighted by Gasteiger charge is -2.38. The van der Waals surface area contributed by atoms with Crippen LogP contribution < -0.4 is 21.1 Å². The number of β-amino-alcohol motifs (C(OH)–C–C–N with tert-alkyl or cyclic N) is 1. The molecular formula is C31H34ClFN8O4. The van der Waals surface area contributed by atoms with Crippen LogP contribution in [0.3, 0.4) is 0 Å². The van der Waals surface area contributed by atoms with E-state index in [1.807, 2.05) is 13.0 Å². The van der Waals surface area contributed by atoms with Crippen molar-refractivity contribution >= 4 is 40.6 Å². The molecule has 0 unspecified atom stereocenters. The summed E-state index contributed by atoms with van der Waals surface area (Å²) in [6.07, 6.45) is 4.81. The van der Waals surface area contributed by atoms with Crippen LogP contribution >= 0.6 is 11.6 Å². The SMILES string of the molecule is Cc1cc(Nc2nccn3c(-c4ccc(OCN)c(F)c4Cl)cnc23)ccc1C(=O)N1CCN(C(=O)[C@@H]2CCNC[C@@H]2O)CC1. The fourth-order valence-corrected chi connectivity index (χ4v) is 6.17. The first kappa shape index (κ1) is 30.7. The van der Waals surface area contributed by atoms with Gasteiger partial charge in [0.25, 0.3) is 5.91 Å². The minimum atomic E-state index is -0.709. The van der Waals surface area contributed by atoms with Crippen molar-refractivity contribution in [1.29, 1.82) is 0 Å². The number of aliphatic hydroxyl groups excluding tert-OH is 1. The Balaban J connectivity index is 1.14. The first-order chi connectivity index (χ1) is 21.8. The van der Waals surface area contributed by atoms with E-state index >= 15 is 0 Å². The first-order valence-electron chi connectivity index (χ1n) is 14.7. The Morgan fingerprint density at radius 2 is 1.96 bits per heavy atom. The Labute approximate surface area is 263 Å². The standard InChI is InChI=1S/C31H34ClFN8O4/c1-18-14-19(2-3-20(18)30(43)39-10-12-40(13-11-39)31(44)22-6-7-35-16-24(22)42)38-28-29-37-15-23(41(29)9-8-36-28)21-4-5-25(45-17-34)27(33)26(21)32/h2-5,8-9,14-15,22,24,35,42H,6-7,10-13,16-17,34H2,1H3,(H,36,38)/t22-,24+/m1/s1. The highest BCUT2D eigenvalue weighted by molar-refractivity contribution is 6.33. The molecule has 2 aliphatic heterocycles. The summed E-state index contributed by atoms with van der Waals surface area (Å²) in [6.45, 7) is 4.54. The van der Waals surface area contributed by atoms with Crippen molar-refractivity contribution in [2.75, 3.05) is 51.3 Å². The molecule has 2 aromatic carbocycles. The molecule has 2 atom stereocenters. The summed E-state index contributed by atoms with van der Waals surface area (Å²) in [4.78, 5) is 38.8. The van der Waals surface area contributed by atoms with E-state index < -0.39 is 17.8 Å². The molecule has 4 aromatic rings. The molecular weight excluding hydrogens is 603 g/mol. The van der Waals surface area contributed by atoms with Gasteiger partial charge in [-0.2, -0.15) is 0 Å². The molecule has 236 valence electrons. The number of imidazole rings is 1. The monoisotopic (exact) mass is 636 g/mol. The van der Waals surface area contributed by atoms with E-state index in [0.717, 1.165) is 5.56 Å². The fraction of sp³-hybridized carbons (Fsp3) is 0.355. The van der Waals surface area contributed by atoms with Crippen LogP contribution in [0.5, 0.6) is 5.75 Å². The van der Waals surface area contributed by atoms with Gasteiger partial charge in [-0.15, -0.1) is 0 Å². The number of piperazine rings is 1. The quantitative estimate of drug-likeness (QED) is 0.225. The third kappa shape index (κ3) is 6.03. The van der Waals surface area contributed by atoms with Crippen LogP contribution in [-0.4, -0.2) is 93.2 Å². The third-order valence-corrected chi connectivity index (χ3v) is 8.72. The normalized spacial score (nSPS) is 18.7. The highest BCUT2D eigenvalue weighted by Crippen LogP contribution is 2.36. The Morgan fingerprint density at radius 3 is 2.69 bits per heavy atom. The molecule has 12 nitrogen and oxygen atoms in total. The predicted octanol–water partition coefficient (Wildman–Crippen LogP) is 2.79. The molecule has 14 heteroatoms. The van der Waals surface area contributed by atoms with Crippen molar-refractivity contribution in [2.45, 2.75) is 19.4 Å². The van der Waals surface area contributed by atoms with Gasteiger partial charge in [-0.3, -0.25) is 19.7 Å². The van der Waals surface area contributed by atoms with E-state index in [4.69, 9.17) is 22.1 Å². The number of amides is 2. The van der Waals surface area contributed by atoms with E-state index in [1.165, 1.54) is 6.07 Å². The van der Waals surface area contributed by atoms with Crippen LogP contribution in [0, 0.1) is 18.7 Å². The number of aromatic nitrogens is 3. The van der Waals surface area contributed by atoms with E-state index in [9.17, 15) is 19.1 Å². The Hall–Kier alpha value is -4.30. The van der Waals surface area contributed by atoms with Crippen LogP contribution in [0.15, 0.2) is 48.9 Å². The van der Waals surface area contributed by atoms with Gasteiger partial charge in [0.05, 0.1) is 28.9 Å². The number of rotatable bonds is 7. The summed E-state index contributed by atoms with van der Waals surface area (Å²) in [5.74, 6) is -0.818. The van der Waals surface area contributed by atoms with Crippen molar-refractivity contribution in [1.82, 2.24) is 29.5 Å². The molecule has 2 aromatic heterocycles. The maximum absolute atomic E-state index is 14.8. The molecule has 0 spiro atoms. The maximum atomic E-state index is 14.8. The van der Waals surface area contributed by atoms with Crippen molar-refractivity contribution in [2.24, 2.45) is 11.7 Å². The summed E-state index contributed by atoms with van der Waals surface area (Å²) in [6, 6.07) is 8.55. The molecule has 0 radical (unpaired) electrons. The number of nitrogens with two attached hydrogens (primary N) is 1. The third-order valence-electron chi connectivity index (χ3n) is 8.36. The van der Waals surface area contributed by atoms with Gasteiger partial charge in [0, 0.05) is 61.9 Å². The van der Waals surface area contributed by atoms with Crippen LogP contribution in [0.1, 0.15) is 22.3 Å². The van der Waals surface area contributed by atoms with Crippen molar-refractivity contribution in [3.8, 4) is 17.0 Å². The average Bonchev–Trinajstić information content (AvgIpc) is 3.48. The number of ether oxygens (including phenoxy) is 1. The van der Waals surface area contributed by atoms with Crippen molar-refractivity contribution < 1.29 is 23.8 Å². The number of piperidine rings is 1. The fourth-order valence-electron chi connectivity index (χ4n) is 5.92. The van der Waals surface area contributed by atoms with Crippen LogP contribution in [-0.2, 0) is 4.79 Å². The number of aryl methyl sites for hydroxylation is 1. The molecule has 2 amide bonds. The van der Waals surface area contributed by atoms with Gasteiger partial charge in [-0.05, 0) is 55.8 Å². The zero-order valence-corrected chi connectivity index (χ0v) is 25.4. The van der Waals surface area contributed by atoms with Crippen LogP contribution in [0.4, 0.5) is 15.9 Å². The van der Waals surface area contributed by atoms with E-state index in [1.54, 1.807) is 51.0 Å². The second-order valence-corrected chi connectivity index (χ2v) is 11.5. The number of fused-ring (bicyclic) bond motifs is 1. The number of hydrogen-bond donors (Lipinski definition) is 4. The van der Waals surface area contributed by atoms with Gasteiger partial charge < -0.3 is 30.3 Å². The summed E-state index contributed by atoms with van der Waals surface area (Å²) < 4.78 is 21.6. The molecule has 0 aliphatic carbocycles. The number of hydrogen-bond acceptors (Lipinski definition) is 9. The number of carbonyl (C=O) groups excluding carboxylic acids is 2. The lowest BCUT2D eigenvalue weighted by molar-refractivity contribution is -0.141. The lowest BCUT2D eigenvalue weighted by atomic mass is 9.93. The van der Waals surface area contributed by atoms with Crippen molar-refractivity contribution in [3.05, 3.63) is 70.9 Å². The molecule has 2 aliphatic rings. The maximum Gasteiger partial charge on any atom is 0.254 e. The summed E-state index contributed by atoms with van der Waals surface area (Å²) in [5, 5.41) is 16.5. The molecule has 0 bridgehead atoms. The van der Waals surface area contributed by atoms with Gasteiger partial charge >= 0.3 is 0 Å². The highest BCUT2D eigenvalue weighted by Gasteiger charge is 2.34. The predicted molar refractivity (Wildman–Crippen MR) is 167 cm³/mol. The van der Waals surface area contributed by atoms with Crippen LogP contribution in [0.25, 0.3) is 16.9 Å². The smallest absolute Gasteiger partial charge is 0.254 e. The number of nitrogens with one attached hydrogen (secondary N) is 2. The second kappa shape index (κ2) is 13.0. The molecule has 0 saturated carbocycles. The summed E-state index contributed by atoms with van der Waals surface area (Å²) in [5.41, 5.74) is 8.91. The van der Waals surface area contributed by atoms with Gasteiger partial charge in [-0.1, -0.05) is 11.6 Å². The molecule has 45 heavy (non-hydrogen) atoms. The van der Waals surface area contributed by atoms with Crippen LogP contribution in [0.2, 0.25) is 5.02 Å². The molecule has 2 fully saturated rings. The largest absolute Gasteiger partial charge is 0.475 e. The number of halogens is 2. The summed E-state index contributed by atoms with van der Waals surface area (Å²) >= 11 is 6.34. The average molecular weight is 637 g/mol. The zero-order chi connectivity index (χ0) is 31.7. The van der Waals surface area contributed by atoms with Gasteiger partial charge in [0.15, 0.2) is 23.0 Å². The highest BCUT2D eigenvalue weighted by atomic mass is 35.5. The van der Waals surface area contributed by atoms with Gasteiger partial charge in [-0.25, -0.2) is 14.4 Å². The summed E-state index contributed by atoms with van der Waals surface area (Å²) in [7, 11) is 0. The number of carbonyl (C=O) groups is 2. The minimum Gasteiger partial charge on any atom is -0.475 e. The number of anilines is 2. The molecule has 6 rings (SSSR count). The van der Waals surface area contributed by atoms with E-state index in [-0.39, 0.29) is 29.3 Å². The van der Waals surface area contributed by atoms with Gasteiger partial charge in [0.2, 0.25) is 5.91 Å². The minimum absolute atomic E-state index is 0.0351. The first-order valence-corrected chi connectivity index (χ1v) is 15.1.